The lowest BCUT2D eigenvalue weighted by molar-refractivity contribution is 0.255. The van der Waals surface area contributed by atoms with Crippen LogP contribution in [-0.4, -0.2) is 49.7 Å². The molecule has 1 saturated heterocycles. The van der Waals surface area contributed by atoms with Gasteiger partial charge in [0.2, 0.25) is 5.95 Å². The summed E-state index contributed by atoms with van der Waals surface area (Å²) in [6.07, 6.45) is 4.99. The zero-order valence-electron chi connectivity index (χ0n) is 18.0. The summed E-state index contributed by atoms with van der Waals surface area (Å²) in [6, 6.07) is 15.0. The number of rotatable bonds is 6. The fourth-order valence-corrected chi connectivity index (χ4v) is 4.83. The van der Waals surface area contributed by atoms with Gasteiger partial charge in [0.1, 0.15) is 5.02 Å². The Balaban J connectivity index is 1.50. The Morgan fingerprint density at radius 3 is 2.41 bits per heavy atom. The zero-order chi connectivity index (χ0) is 22.7. The van der Waals surface area contributed by atoms with E-state index in [-0.39, 0.29) is 9.92 Å². The lowest BCUT2D eigenvalue weighted by atomic mass is 9.89. The molecule has 0 aliphatic carbocycles. The molecule has 3 aromatic rings. The predicted octanol–water partition coefficient (Wildman–Crippen LogP) is 4.83. The van der Waals surface area contributed by atoms with E-state index in [2.05, 4.69) is 44.7 Å². The number of likely N-dealkylation sites (tertiary alicyclic amines) is 1. The average Bonchev–Trinajstić information content (AvgIpc) is 2.77. The Labute approximate surface area is 193 Å². The SMILES string of the molecule is CN1CCC(c2ccc(Nc3ncc(Cl)c(Nc4ccccc4S(C)(=O)=O)n3)cc2)CC1. The molecule has 0 saturated carbocycles. The van der Waals surface area contributed by atoms with Crippen molar-refractivity contribution in [3.63, 3.8) is 0 Å². The lowest BCUT2D eigenvalue weighted by Gasteiger charge is -2.29. The van der Waals surface area contributed by atoms with Gasteiger partial charge in [-0.15, -0.1) is 0 Å². The van der Waals surface area contributed by atoms with Gasteiger partial charge in [-0.25, -0.2) is 13.4 Å². The smallest absolute Gasteiger partial charge is 0.229 e. The third-order valence-electron chi connectivity index (χ3n) is 5.64. The van der Waals surface area contributed by atoms with E-state index >= 15 is 0 Å². The number of benzene rings is 2. The molecule has 0 atom stereocenters. The highest BCUT2D eigenvalue weighted by Gasteiger charge is 2.18. The van der Waals surface area contributed by atoms with Gasteiger partial charge < -0.3 is 15.5 Å². The van der Waals surface area contributed by atoms with Crippen molar-refractivity contribution >= 4 is 44.6 Å². The highest BCUT2D eigenvalue weighted by atomic mass is 35.5. The number of nitrogens with zero attached hydrogens (tertiary/aromatic N) is 3. The topological polar surface area (TPSA) is 87.2 Å². The molecule has 2 heterocycles. The van der Waals surface area contributed by atoms with Gasteiger partial charge in [0.25, 0.3) is 0 Å². The molecular weight excluding hydrogens is 446 g/mol. The Hall–Kier alpha value is -2.68. The van der Waals surface area contributed by atoms with Crippen LogP contribution in [0, 0.1) is 0 Å². The first-order chi connectivity index (χ1) is 15.3. The molecule has 1 aliphatic rings. The van der Waals surface area contributed by atoms with Crippen molar-refractivity contribution in [1.82, 2.24) is 14.9 Å². The molecule has 0 spiro atoms. The molecule has 168 valence electrons. The Bertz CT molecular complexity index is 1190. The maximum absolute atomic E-state index is 12.1. The molecular formula is C23H26ClN5O2S. The molecule has 2 N–H and O–H groups in total. The first-order valence-electron chi connectivity index (χ1n) is 10.4. The molecule has 7 nitrogen and oxygen atoms in total. The van der Waals surface area contributed by atoms with E-state index in [9.17, 15) is 8.42 Å². The molecule has 0 amide bonds. The van der Waals surface area contributed by atoms with Crippen molar-refractivity contribution in [3.8, 4) is 0 Å². The first-order valence-corrected chi connectivity index (χ1v) is 12.7. The molecule has 32 heavy (non-hydrogen) atoms. The second kappa shape index (κ2) is 9.44. The molecule has 0 unspecified atom stereocenters. The molecule has 1 fully saturated rings. The van der Waals surface area contributed by atoms with Crippen LogP contribution >= 0.6 is 11.6 Å². The third kappa shape index (κ3) is 5.38. The third-order valence-corrected chi connectivity index (χ3v) is 7.07. The van der Waals surface area contributed by atoms with Gasteiger partial charge in [-0.3, -0.25) is 0 Å². The van der Waals surface area contributed by atoms with Crippen LogP contribution in [0.25, 0.3) is 0 Å². The van der Waals surface area contributed by atoms with Crippen LogP contribution in [0.5, 0.6) is 0 Å². The van der Waals surface area contributed by atoms with E-state index in [0.717, 1.165) is 25.0 Å². The van der Waals surface area contributed by atoms with E-state index in [1.165, 1.54) is 30.7 Å². The number of anilines is 4. The quantitative estimate of drug-likeness (QED) is 0.532. The van der Waals surface area contributed by atoms with E-state index < -0.39 is 9.84 Å². The number of nitrogens with one attached hydrogen (secondary N) is 2. The Morgan fingerprint density at radius 2 is 1.72 bits per heavy atom. The van der Waals surface area contributed by atoms with Crippen LogP contribution in [0.15, 0.2) is 59.6 Å². The summed E-state index contributed by atoms with van der Waals surface area (Å²) in [5.41, 5.74) is 2.62. The van der Waals surface area contributed by atoms with Gasteiger partial charge in [0.15, 0.2) is 15.7 Å². The van der Waals surface area contributed by atoms with Crippen molar-refractivity contribution in [2.75, 3.05) is 37.0 Å². The van der Waals surface area contributed by atoms with Crippen molar-refractivity contribution in [2.24, 2.45) is 0 Å². The molecule has 0 radical (unpaired) electrons. The molecule has 4 rings (SSSR count). The van der Waals surface area contributed by atoms with E-state index in [0.29, 0.717) is 23.4 Å². The minimum absolute atomic E-state index is 0.175. The number of sulfone groups is 1. The monoisotopic (exact) mass is 471 g/mol. The minimum Gasteiger partial charge on any atom is -0.338 e. The summed E-state index contributed by atoms with van der Waals surface area (Å²) < 4.78 is 24.1. The van der Waals surface area contributed by atoms with Crippen molar-refractivity contribution in [1.29, 1.82) is 0 Å². The number of hydrogen-bond donors (Lipinski definition) is 2. The lowest BCUT2D eigenvalue weighted by Crippen LogP contribution is -2.29. The van der Waals surface area contributed by atoms with Crippen molar-refractivity contribution in [2.45, 2.75) is 23.7 Å². The van der Waals surface area contributed by atoms with Crippen molar-refractivity contribution < 1.29 is 8.42 Å². The number of halogens is 1. The molecule has 1 aromatic heterocycles. The molecule has 9 heteroatoms. The zero-order valence-corrected chi connectivity index (χ0v) is 19.6. The van der Waals surface area contributed by atoms with Gasteiger partial charge in [-0.1, -0.05) is 35.9 Å². The number of para-hydroxylation sites is 1. The van der Waals surface area contributed by atoms with E-state index in [1.54, 1.807) is 18.2 Å². The summed E-state index contributed by atoms with van der Waals surface area (Å²) in [6.45, 7) is 2.25. The highest BCUT2D eigenvalue weighted by molar-refractivity contribution is 7.90. The van der Waals surface area contributed by atoms with Crippen LogP contribution in [-0.2, 0) is 9.84 Å². The van der Waals surface area contributed by atoms with Gasteiger partial charge in [0.05, 0.1) is 16.8 Å². The highest BCUT2D eigenvalue weighted by Crippen LogP contribution is 2.30. The maximum atomic E-state index is 12.1. The summed E-state index contributed by atoms with van der Waals surface area (Å²) >= 11 is 6.26. The van der Waals surface area contributed by atoms with Crippen LogP contribution in [0.3, 0.4) is 0 Å². The van der Waals surface area contributed by atoms with Gasteiger partial charge >= 0.3 is 0 Å². The van der Waals surface area contributed by atoms with Crippen LogP contribution in [0.2, 0.25) is 5.02 Å². The summed E-state index contributed by atoms with van der Waals surface area (Å²) in [5.74, 6) is 1.28. The van der Waals surface area contributed by atoms with Crippen LogP contribution < -0.4 is 10.6 Å². The Kier molecular flexibility index (Phi) is 6.64. The van der Waals surface area contributed by atoms with Crippen LogP contribution in [0.4, 0.5) is 23.1 Å². The fourth-order valence-electron chi connectivity index (χ4n) is 3.85. The second-order valence-electron chi connectivity index (χ2n) is 8.11. The molecule has 1 aliphatic heterocycles. The largest absolute Gasteiger partial charge is 0.338 e. The number of piperidine rings is 1. The van der Waals surface area contributed by atoms with E-state index in [4.69, 9.17) is 11.6 Å². The second-order valence-corrected chi connectivity index (χ2v) is 10.5. The summed E-state index contributed by atoms with van der Waals surface area (Å²) in [4.78, 5) is 11.2. The minimum atomic E-state index is -3.41. The fraction of sp³-hybridized carbons (Fsp3) is 0.304. The normalized spacial score (nSPS) is 15.5. The molecule has 2 aromatic carbocycles. The first kappa shape index (κ1) is 22.5. The van der Waals surface area contributed by atoms with Gasteiger partial charge in [-0.2, -0.15) is 4.98 Å². The predicted molar refractivity (Wildman–Crippen MR) is 129 cm³/mol. The Morgan fingerprint density at radius 1 is 1.03 bits per heavy atom. The standard InChI is InChI=1S/C23H26ClN5O2S/c1-29-13-11-17(12-14-29)16-7-9-18(10-8-16)26-23-25-15-19(24)22(28-23)27-20-5-3-4-6-21(20)32(2,30)31/h3-10,15,17H,11-14H2,1-2H3,(H2,25,26,27,28). The summed E-state index contributed by atoms with van der Waals surface area (Å²) in [7, 11) is -1.24. The number of hydrogen-bond acceptors (Lipinski definition) is 7. The van der Waals surface area contributed by atoms with Gasteiger partial charge in [0, 0.05) is 11.9 Å². The van der Waals surface area contributed by atoms with Crippen molar-refractivity contribution in [3.05, 3.63) is 65.3 Å². The summed E-state index contributed by atoms with van der Waals surface area (Å²) in [5, 5.41) is 6.50. The molecule has 0 bridgehead atoms. The van der Waals surface area contributed by atoms with E-state index in [1.807, 2.05) is 12.1 Å². The average molecular weight is 472 g/mol. The van der Waals surface area contributed by atoms with Gasteiger partial charge in [-0.05, 0) is 68.7 Å². The maximum Gasteiger partial charge on any atom is 0.229 e. The van der Waals surface area contributed by atoms with Crippen LogP contribution in [0.1, 0.15) is 24.3 Å². The number of aromatic nitrogens is 2.